The Morgan fingerprint density at radius 2 is 2.35 bits per heavy atom. The lowest BCUT2D eigenvalue weighted by atomic mass is 10.1. The number of halogens is 1. The molecule has 3 rings (SSSR count). The predicted octanol–water partition coefficient (Wildman–Crippen LogP) is 3.01. The van der Waals surface area contributed by atoms with Gasteiger partial charge < -0.3 is 10.6 Å². The van der Waals surface area contributed by atoms with Crippen LogP contribution in [0.4, 0.5) is 5.69 Å². The maximum atomic E-state index is 5.81. The molecular weight excluding hydrogens is 254 g/mol. The van der Waals surface area contributed by atoms with E-state index in [1.807, 2.05) is 6.20 Å². The van der Waals surface area contributed by atoms with Gasteiger partial charge in [0.2, 0.25) is 0 Å². The van der Waals surface area contributed by atoms with Gasteiger partial charge in [0.25, 0.3) is 0 Å². The van der Waals surface area contributed by atoms with Crippen LogP contribution in [0.5, 0.6) is 0 Å². The van der Waals surface area contributed by atoms with Crippen molar-refractivity contribution in [2.45, 2.75) is 19.6 Å². The Labute approximate surface area is 109 Å². The van der Waals surface area contributed by atoms with E-state index in [0.717, 1.165) is 24.5 Å². The van der Waals surface area contributed by atoms with Crippen LogP contribution in [0.1, 0.15) is 16.0 Å². The van der Waals surface area contributed by atoms with Crippen LogP contribution in [-0.2, 0) is 19.6 Å². The SMILES string of the molecule is Clc1ncc(CNc2cccc3c2CNC3)s1. The molecule has 2 N–H and O–H groups in total. The third-order valence-electron chi connectivity index (χ3n) is 2.87. The summed E-state index contributed by atoms with van der Waals surface area (Å²) in [6, 6.07) is 6.38. The van der Waals surface area contributed by atoms with Crippen molar-refractivity contribution in [2.75, 3.05) is 5.32 Å². The van der Waals surface area contributed by atoms with Crippen molar-refractivity contribution in [1.29, 1.82) is 0 Å². The highest BCUT2D eigenvalue weighted by Crippen LogP contribution is 2.25. The summed E-state index contributed by atoms with van der Waals surface area (Å²) in [4.78, 5) is 5.18. The smallest absolute Gasteiger partial charge is 0.183 e. The number of thiazole rings is 1. The maximum absolute atomic E-state index is 5.81. The van der Waals surface area contributed by atoms with Crippen molar-refractivity contribution < 1.29 is 0 Å². The molecule has 17 heavy (non-hydrogen) atoms. The standard InChI is InChI=1S/C12H12ClN3S/c13-12-16-6-9(17-12)5-15-11-3-1-2-8-4-14-7-10(8)11/h1-3,6,14-15H,4-5,7H2. The first-order valence-corrected chi connectivity index (χ1v) is 6.68. The molecule has 0 bridgehead atoms. The Hall–Kier alpha value is -1.10. The molecule has 3 nitrogen and oxygen atoms in total. The van der Waals surface area contributed by atoms with Crippen LogP contribution in [-0.4, -0.2) is 4.98 Å². The molecule has 0 atom stereocenters. The van der Waals surface area contributed by atoms with Gasteiger partial charge in [-0.15, -0.1) is 11.3 Å². The number of anilines is 1. The van der Waals surface area contributed by atoms with Gasteiger partial charge in [-0.25, -0.2) is 4.98 Å². The lowest BCUT2D eigenvalue weighted by Crippen LogP contribution is -2.03. The molecular formula is C12H12ClN3S. The first kappa shape index (κ1) is 11.0. The molecule has 5 heteroatoms. The minimum absolute atomic E-state index is 0.599. The highest BCUT2D eigenvalue weighted by atomic mass is 35.5. The van der Waals surface area contributed by atoms with Crippen LogP contribution in [0, 0.1) is 0 Å². The molecule has 88 valence electrons. The van der Waals surface area contributed by atoms with Gasteiger partial charge in [0, 0.05) is 29.9 Å². The monoisotopic (exact) mass is 265 g/mol. The molecule has 0 spiro atoms. The second-order valence-corrected chi connectivity index (χ2v) is 5.68. The number of aromatic nitrogens is 1. The summed E-state index contributed by atoms with van der Waals surface area (Å²) < 4.78 is 0.599. The van der Waals surface area contributed by atoms with Crippen LogP contribution >= 0.6 is 22.9 Å². The molecule has 0 fully saturated rings. The summed E-state index contributed by atoms with van der Waals surface area (Å²) in [6.45, 7) is 2.69. The van der Waals surface area contributed by atoms with Crippen molar-refractivity contribution in [3.63, 3.8) is 0 Å². The molecule has 0 unspecified atom stereocenters. The zero-order valence-corrected chi connectivity index (χ0v) is 10.7. The summed E-state index contributed by atoms with van der Waals surface area (Å²) in [7, 11) is 0. The number of hydrogen-bond donors (Lipinski definition) is 2. The Kier molecular flexibility index (Phi) is 3.01. The molecule has 1 aliphatic rings. The van der Waals surface area contributed by atoms with Crippen molar-refractivity contribution in [3.05, 3.63) is 44.9 Å². The highest BCUT2D eigenvalue weighted by molar-refractivity contribution is 7.15. The quantitative estimate of drug-likeness (QED) is 0.896. The van der Waals surface area contributed by atoms with E-state index in [1.165, 1.54) is 28.2 Å². The van der Waals surface area contributed by atoms with Crippen LogP contribution < -0.4 is 10.6 Å². The molecule has 0 saturated carbocycles. The van der Waals surface area contributed by atoms with Crippen molar-refractivity contribution in [3.8, 4) is 0 Å². The van der Waals surface area contributed by atoms with Crippen LogP contribution in [0.25, 0.3) is 0 Å². The first-order chi connectivity index (χ1) is 8.33. The van der Waals surface area contributed by atoms with Crippen LogP contribution in [0.15, 0.2) is 24.4 Å². The molecule has 1 aliphatic heterocycles. The molecule has 0 saturated heterocycles. The van der Waals surface area contributed by atoms with Gasteiger partial charge in [-0.2, -0.15) is 0 Å². The summed E-state index contributed by atoms with van der Waals surface area (Å²) in [5.74, 6) is 0. The van der Waals surface area contributed by atoms with Gasteiger partial charge in [0.05, 0.1) is 6.54 Å². The molecule has 2 aromatic rings. The number of nitrogens with zero attached hydrogens (tertiary/aromatic N) is 1. The van der Waals surface area contributed by atoms with E-state index in [9.17, 15) is 0 Å². The summed E-state index contributed by atoms with van der Waals surface area (Å²) in [5.41, 5.74) is 3.97. The zero-order chi connectivity index (χ0) is 11.7. The Morgan fingerprint density at radius 3 is 3.18 bits per heavy atom. The van der Waals surface area contributed by atoms with E-state index in [0.29, 0.717) is 4.47 Å². The normalized spacial score (nSPS) is 13.7. The minimum atomic E-state index is 0.599. The average molecular weight is 266 g/mol. The number of rotatable bonds is 3. The fourth-order valence-electron chi connectivity index (χ4n) is 2.04. The van der Waals surface area contributed by atoms with E-state index in [4.69, 9.17) is 11.6 Å². The van der Waals surface area contributed by atoms with E-state index < -0.39 is 0 Å². The Morgan fingerprint density at radius 1 is 1.41 bits per heavy atom. The minimum Gasteiger partial charge on any atom is -0.380 e. The molecule has 0 amide bonds. The topological polar surface area (TPSA) is 37.0 Å². The Balaban J connectivity index is 1.75. The third kappa shape index (κ3) is 2.29. The van der Waals surface area contributed by atoms with Crippen molar-refractivity contribution in [1.82, 2.24) is 10.3 Å². The van der Waals surface area contributed by atoms with Crippen LogP contribution in [0.2, 0.25) is 4.47 Å². The van der Waals surface area contributed by atoms with Gasteiger partial charge in [0.1, 0.15) is 0 Å². The first-order valence-electron chi connectivity index (χ1n) is 5.48. The largest absolute Gasteiger partial charge is 0.380 e. The maximum Gasteiger partial charge on any atom is 0.183 e. The number of hydrogen-bond acceptors (Lipinski definition) is 4. The van der Waals surface area contributed by atoms with E-state index in [1.54, 1.807) is 0 Å². The average Bonchev–Trinajstić information content (AvgIpc) is 2.94. The van der Waals surface area contributed by atoms with Gasteiger partial charge in [-0.3, -0.25) is 0 Å². The number of fused-ring (bicyclic) bond motifs is 1. The fraction of sp³-hybridized carbons (Fsp3) is 0.250. The zero-order valence-electron chi connectivity index (χ0n) is 9.16. The third-order valence-corrected chi connectivity index (χ3v) is 3.98. The van der Waals surface area contributed by atoms with Gasteiger partial charge in [0.15, 0.2) is 4.47 Å². The number of benzene rings is 1. The van der Waals surface area contributed by atoms with Gasteiger partial charge in [-0.1, -0.05) is 23.7 Å². The lowest BCUT2D eigenvalue weighted by Gasteiger charge is -2.09. The second-order valence-electron chi connectivity index (χ2n) is 3.98. The lowest BCUT2D eigenvalue weighted by molar-refractivity contribution is 0.765. The molecule has 0 radical (unpaired) electrons. The summed E-state index contributed by atoms with van der Waals surface area (Å²) in [5, 5.41) is 6.81. The van der Waals surface area contributed by atoms with Crippen molar-refractivity contribution >= 4 is 28.6 Å². The van der Waals surface area contributed by atoms with E-state index in [-0.39, 0.29) is 0 Å². The number of nitrogens with one attached hydrogen (secondary N) is 2. The molecule has 1 aromatic carbocycles. The fourth-order valence-corrected chi connectivity index (χ4v) is 2.96. The van der Waals surface area contributed by atoms with Crippen molar-refractivity contribution in [2.24, 2.45) is 0 Å². The molecule has 0 aliphatic carbocycles. The van der Waals surface area contributed by atoms with Crippen LogP contribution in [0.3, 0.4) is 0 Å². The summed E-state index contributed by atoms with van der Waals surface area (Å²) >= 11 is 7.32. The van der Waals surface area contributed by atoms with E-state index in [2.05, 4.69) is 33.8 Å². The molecule has 1 aromatic heterocycles. The van der Waals surface area contributed by atoms with E-state index >= 15 is 0 Å². The second kappa shape index (κ2) is 4.64. The molecule has 2 heterocycles. The summed E-state index contributed by atoms with van der Waals surface area (Å²) in [6.07, 6.45) is 1.82. The van der Waals surface area contributed by atoms with Gasteiger partial charge in [-0.05, 0) is 17.2 Å². The van der Waals surface area contributed by atoms with Gasteiger partial charge >= 0.3 is 0 Å². The predicted molar refractivity (Wildman–Crippen MR) is 71.4 cm³/mol. The Bertz CT molecular complexity index is 538. The highest BCUT2D eigenvalue weighted by Gasteiger charge is 2.13.